The van der Waals surface area contributed by atoms with Crippen LogP contribution in [0, 0.1) is 5.92 Å². The molecule has 1 atom stereocenters. The van der Waals surface area contributed by atoms with Crippen LogP contribution in [0.25, 0.3) is 0 Å². The van der Waals surface area contributed by atoms with Gasteiger partial charge in [0.2, 0.25) is 15.9 Å². The molecule has 1 rings (SSSR count). The zero-order valence-electron chi connectivity index (χ0n) is 12.6. The second kappa shape index (κ2) is 6.87. The molecule has 0 saturated carbocycles. The number of nitrogens with zero attached hydrogens (tertiary/aromatic N) is 1. The van der Waals surface area contributed by atoms with E-state index in [1.54, 1.807) is 6.92 Å². The zero-order valence-corrected chi connectivity index (χ0v) is 13.4. The van der Waals surface area contributed by atoms with E-state index in [0.717, 1.165) is 0 Å². The second-order valence-corrected chi connectivity index (χ2v) is 7.89. The van der Waals surface area contributed by atoms with Crippen LogP contribution in [0.2, 0.25) is 0 Å². The first-order chi connectivity index (χ1) is 9.28. The number of sulfonamides is 1. The van der Waals surface area contributed by atoms with Crippen LogP contribution in [-0.4, -0.2) is 54.7 Å². The molecule has 20 heavy (non-hydrogen) atoms. The molecule has 1 heterocycles. The Hall–Kier alpha value is -0.660. The van der Waals surface area contributed by atoms with Crippen LogP contribution in [0.3, 0.4) is 0 Å². The second-order valence-electron chi connectivity index (χ2n) is 5.64. The molecule has 0 bridgehead atoms. The topological polar surface area (TPSA) is 86.7 Å². The molecule has 1 fully saturated rings. The molecule has 0 aromatic rings. The highest BCUT2D eigenvalue weighted by atomic mass is 32.2. The number of hydrogen-bond acceptors (Lipinski definition) is 4. The number of carbonyl (C=O) groups excluding carboxylic acids is 1. The molecule has 1 saturated heterocycles. The summed E-state index contributed by atoms with van der Waals surface area (Å²) in [5.74, 6) is -0.157. The van der Waals surface area contributed by atoms with Crippen LogP contribution in [-0.2, 0) is 14.8 Å². The lowest BCUT2D eigenvalue weighted by molar-refractivity contribution is -0.128. The van der Waals surface area contributed by atoms with Gasteiger partial charge in [-0.1, -0.05) is 6.92 Å². The molecule has 0 aliphatic carbocycles. The first kappa shape index (κ1) is 17.4. The third kappa shape index (κ3) is 4.17. The fourth-order valence-corrected chi connectivity index (χ4v) is 3.35. The Balaban J connectivity index is 2.56. The number of rotatable bonds is 6. The molecule has 1 aliphatic rings. The molecule has 1 unspecified atom stereocenters. The summed E-state index contributed by atoms with van der Waals surface area (Å²) in [5, 5.41) is 12.2. The van der Waals surface area contributed by atoms with Crippen molar-refractivity contribution in [2.75, 3.05) is 25.4 Å². The standard InChI is InChI=1S/C13H26N2O4S/c1-4-13(3,10-16)14-12(17)11-6-8-15(9-7-11)20(18,19)5-2/h11,16H,4-10H2,1-3H3,(H,14,17). The van der Waals surface area contributed by atoms with Crippen molar-refractivity contribution in [1.29, 1.82) is 0 Å². The number of piperidine rings is 1. The summed E-state index contributed by atoms with van der Waals surface area (Å²) in [6.07, 6.45) is 1.73. The summed E-state index contributed by atoms with van der Waals surface area (Å²) in [5.41, 5.74) is -0.594. The molecule has 0 aromatic heterocycles. The minimum absolute atomic E-state index is 0.0862. The van der Waals surface area contributed by atoms with E-state index in [2.05, 4.69) is 5.32 Å². The predicted octanol–water partition coefficient (Wildman–Crippen LogP) is 0.325. The number of amides is 1. The summed E-state index contributed by atoms with van der Waals surface area (Å²) >= 11 is 0. The van der Waals surface area contributed by atoms with Crippen LogP contribution >= 0.6 is 0 Å². The van der Waals surface area contributed by atoms with Crippen molar-refractivity contribution >= 4 is 15.9 Å². The van der Waals surface area contributed by atoms with Crippen molar-refractivity contribution in [2.45, 2.75) is 45.6 Å². The van der Waals surface area contributed by atoms with Crippen molar-refractivity contribution in [2.24, 2.45) is 5.92 Å². The predicted molar refractivity (Wildman–Crippen MR) is 77.7 cm³/mol. The maximum atomic E-state index is 12.2. The van der Waals surface area contributed by atoms with Crippen LogP contribution in [0.15, 0.2) is 0 Å². The maximum Gasteiger partial charge on any atom is 0.223 e. The normalized spacial score (nSPS) is 21.4. The number of aliphatic hydroxyl groups excluding tert-OH is 1. The van der Waals surface area contributed by atoms with E-state index in [9.17, 15) is 18.3 Å². The monoisotopic (exact) mass is 306 g/mol. The average molecular weight is 306 g/mol. The van der Waals surface area contributed by atoms with Crippen molar-refractivity contribution in [3.8, 4) is 0 Å². The van der Waals surface area contributed by atoms with Gasteiger partial charge >= 0.3 is 0 Å². The van der Waals surface area contributed by atoms with E-state index in [4.69, 9.17) is 0 Å². The fourth-order valence-electron chi connectivity index (χ4n) is 2.22. The first-order valence-corrected chi connectivity index (χ1v) is 8.79. The van der Waals surface area contributed by atoms with Gasteiger partial charge in [-0.2, -0.15) is 0 Å². The van der Waals surface area contributed by atoms with E-state index < -0.39 is 15.6 Å². The highest BCUT2D eigenvalue weighted by Gasteiger charge is 2.32. The molecule has 6 nitrogen and oxygen atoms in total. The van der Waals surface area contributed by atoms with Gasteiger partial charge in [0.25, 0.3) is 0 Å². The summed E-state index contributed by atoms with van der Waals surface area (Å²) in [6.45, 7) is 6.04. The lowest BCUT2D eigenvalue weighted by atomic mass is 9.94. The maximum absolute atomic E-state index is 12.2. The SMILES string of the molecule is CCC(C)(CO)NC(=O)C1CCN(S(=O)(=O)CC)CC1. The van der Waals surface area contributed by atoms with Gasteiger partial charge in [0.05, 0.1) is 17.9 Å². The van der Waals surface area contributed by atoms with E-state index >= 15 is 0 Å². The van der Waals surface area contributed by atoms with E-state index in [1.807, 2.05) is 13.8 Å². The summed E-state index contributed by atoms with van der Waals surface area (Å²) < 4.78 is 24.9. The van der Waals surface area contributed by atoms with Gasteiger partial charge in [-0.25, -0.2) is 12.7 Å². The molecule has 0 aromatic carbocycles. The van der Waals surface area contributed by atoms with Gasteiger partial charge in [0.15, 0.2) is 0 Å². The average Bonchev–Trinajstić information content (AvgIpc) is 2.47. The fraction of sp³-hybridized carbons (Fsp3) is 0.923. The largest absolute Gasteiger partial charge is 0.394 e. The van der Waals surface area contributed by atoms with Crippen LogP contribution in [0.5, 0.6) is 0 Å². The molecular weight excluding hydrogens is 280 g/mol. The van der Waals surface area contributed by atoms with Crippen LogP contribution in [0.4, 0.5) is 0 Å². The Morgan fingerprint density at radius 1 is 1.35 bits per heavy atom. The lowest BCUT2D eigenvalue weighted by Crippen LogP contribution is -2.52. The smallest absolute Gasteiger partial charge is 0.223 e. The highest BCUT2D eigenvalue weighted by molar-refractivity contribution is 7.89. The molecule has 7 heteroatoms. The molecule has 1 amide bonds. The molecule has 2 N–H and O–H groups in total. The quantitative estimate of drug-likeness (QED) is 0.740. The Morgan fingerprint density at radius 3 is 2.30 bits per heavy atom. The van der Waals surface area contributed by atoms with E-state index in [1.165, 1.54) is 4.31 Å². The van der Waals surface area contributed by atoms with Gasteiger partial charge in [0.1, 0.15) is 0 Å². The van der Waals surface area contributed by atoms with Crippen LogP contribution < -0.4 is 5.32 Å². The van der Waals surface area contributed by atoms with E-state index in [-0.39, 0.29) is 24.2 Å². The number of hydrogen-bond donors (Lipinski definition) is 2. The third-order valence-electron chi connectivity index (χ3n) is 4.14. The lowest BCUT2D eigenvalue weighted by Gasteiger charge is -2.33. The highest BCUT2D eigenvalue weighted by Crippen LogP contribution is 2.21. The Kier molecular flexibility index (Phi) is 5.97. The number of aliphatic hydroxyl groups is 1. The minimum atomic E-state index is -3.15. The van der Waals surface area contributed by atoms with Crippen molar-refractivity contribution in [3.05, 3.63) is 0 Å². The van der Waals surface area contributed by atoms with Gasteiger partial charge in [-0.15, -0.1) is 0 Å². The van der Waals surface area contributed by atoms with Crippen molar-refractivity contribution < 1.29 is 18.3 Å². The summed E-state index contributed by atoms with van der Waals surface area (Å²) in [6, 6.07) is 0. The van der Waals surface area contributed by atoms with Gasteiger partial charge in [0, 0.05) is 19.0 Å². The minimum Gasteiger partial charge on any atom is -0.394 e. The molecular formula is C13H26N2O4S. The third-order valence-corrected chi connectivity index (χ3v) is 6.02. The Morgan fingerprint density at radius 2 is 1.90 bits per heavy atom. The zero-order chi connectivity index (χ0) is 15.4. The van der Waals surface area contributed by atoms with Gasteiger partial charge in [-0.05, 0) is 33.1 Å². The number of nitrogens with one attached hydrogen (secondary N) is 1. The first-order valence-electron chi connectivity index (χ1n) is 7.18. The van der Waals surface area contributed by atoms with Gasteiger partial charge < -0.3 is 10.4 Å². The van der Waals surface area contributed by atoms with Gasteiger partial charge in [-0.3, -0.25) is 4.79 Å². The van der Waals surface area contributed by atoms with Crippen LogP contribution in [0.1, 0.15) is 40.0 Å². The Labute approximate surface area is 121 Å². The van der Waals surface area contributed by atoms with Crippen molar-refractivity contribution in [1.82, 2.24) is 9.62 Å². The molecule has 1 aliphatic heterocycles. The molecule has 118 valence electrons. The number of carbonyl (C=O) groups is 1. The molecule has 0 spiro atoms. The van der Waals surface area contributed by atoms with E-state index in [0.29, 0.717) is 32.4 Å². The van der Waals surface area contributed by atoms with Crippen molar-refractivity contribution in [3.63, 3.8) is 0 Å². The summed E-state index contributed by atoms with van der Waals surface area (Å²) in [4.78, 5) is 12.2. The Bertz CT molecular complexity index is 424. The molecule has 0 radical (unpaired) electrons. The summed E-state index contributed by atoms with van der Waals surface area (Å²) in [7, 11) is -3.15.